The molecule has 420 valence electrons. The van der Waals surface area contributed by atoms with Crippen LogP contribution >= 0.6 is 0 Å². The normalized spacial score (nSPS) is 12.1. The molecule has 23 nitrogen and oxygen atoms in total. The predicted octanol–water partition coefficient (Wildman–Crippen LogP) is 7.27. The maximum absolute atomic E-state index is 16.5. The molecule has 0 unspecified atom stereocenters. The SMILES string of the molecule is COc1ccc(CN(Cc2ccc(OC)cc2)S(=O)(=O)c2c(S(=O)(=O)NC(CNC(=O)OC(C)(C)C)CNC(=O)OC(C)(C)C)ccc(-c3ccnc(-c4cnc5ccncn45)c3)c2-c2nnn(Cc3ccc(OC)cc3)n2)cc1. The van der Waals surface area contributed by atoms with Gasteiger partial charge in [0.25, 0.3) is 0 Å². The van der Waals surface area contributed by atoms with Crippen molar-refractivity contribution >= 4 is 37.9 Å². The Balaban J connectivity index is 1.37. The number of nitrogens with one attached hydrogen (secondary N) is 3. The number of sulfonamides is 2. The number of aromatic nitrogens is 8. The first kappa shape index (κ1) is 57.6. The topological polar surface area (TPSA) is 275 Å². The molecule has 0 saturated carbocycles. The lowest BCUT2D eigenvalue weighted by Gasteiger charge is -2.27. The lowest BCUT2D eigenvalue weighted by atomic mass is 9.99. The van der Waals surface area contributed by atoms with E-state index >= 15 is 16.8 Å². The molecule has 0 aliphatic rings. The van der Waals surface area contributed by atoms with Crippen molar-refractivity contribution in [3.63, 3.8) is 0 Å². The number of tetrazole rings is 1. The molecule has 4 aromatic heterocycles. The van der Waals surface area contributed by atoms with Crippen LogP contribution < -0.4 is 29.6 Å². The summed E-state index contributed by atoms with van der Waals surface area (Å²) in [5, 5.41) is 18.7. The zero-order chi connectivity index (χ0) is 57.4. The van der Waals surface area contributed by atoms with Crippen molar-refractivity contribution in [1.82, 2.24) is 59.2 Å². The van der Waals surface area contributed by atoms with Crippen LogP contribution in [-0.2, 0) is 49.2 Å². The summed E-state index contributed by atoms with van der Waals surface area (Å²) in [5.74, 6) is 1.39. The van der Waals surface area contributed by atoms with Crippen LogP contribution in [0.15, 0.2) is 138 Å². The number of imidazole rings is 1. The minimum absolute atomic E-state index is 0.0632. The zero-order valence-electron chi connectivity index (χ0n) is 45.6. The fourth-order valence-corrected chi connectivity index (χ4v) is 11.9. The summed E-state index contributed by atoms with van der Waals surface area (Å²) in [7, 11) is -5.63. The first-order valence-electron chi connectivity index (χ1n) is 25.1. The monoisotopic (exact) mass is 1130 g/mol. The molecule has 8 aromatic rings. The molecule has 80 heavy (non-hydrogen) atoms. The second-order valence-corrected chi connectivity index (χ2v) is 23.8. The second-order valence-electron chi connectivity index (χ2n) is 20.2. The molecule has 0 spiro atoms. The van der Waals surface area contributed by atoms with Crippen molar-refractivity contribution in [2.24, 2.45) is 0 Å². The number of fused-ring (bicyclic) bond motifs is 1. The Morgan fingerprint density at radius 1 is 0.675 bits per heavy atom. The molecular weight excluding hydrogens is 1070 g/mol. The summed E-state index contributed by atoms with van der Waals surface area (Å²) >= 11 is 0. The van der Waals surface area contributed by atoms with Gasteiger partial charge >= 0.3 is 12.2 Å². The van der Waals surface area contributed by atoms with Crippen LogP contribution in [0.25, 0.3) is 39.5 Å². The van der Waals surface area contributed by atoms with Crippen LogP contribution in [0.3, 0.4) is 0 Å². The standard InChI is InChI=1S/C55H62N12O11S2/c1-54(2,3)77-52(68)59-29-40(30-60-53(69)78-55(4,5)6)63-79(70,71)47-23-22-44(39-24-27-57-45(28-39)46-31-58-48-25-26-56-35-66(46)48)49(51-61-64-67(62-51)34-38-14-20-43(76-9)21-15-38)50(47)80(72,73)65(32-36-10-16-41(74-7)17-11-36)33-37-12-18-42(75-8)19-13-37/h10-28,31,35,40,63H,29-30,32-34H2,1-9H3,(H,59,68)(H,60,69). The number of ether oxygens (including phenoxy) is 5. The van der Waals surface area contributed by atoms with E-state index < -0.39 is 72.4 Å². The van der Waals surface area contributed by atoms with Crippen molar-refractivity contribution in [2.45, 2.75) is 88.2 Å². The summed E-state index contributed by atoms with van der Waals surface area (Å²) in [6, 6.07) is 27.0. The van der Waals surface area contributed by atoms with Gasteiger partial charge in [-0.2, -0.15) is 9.10 Å². The Morgan fingerprint density at radius 2 is 1.23 bits per heavy atom. The van der Waals surface area contributed by atoms with E-state index in [4.69, 9.17) is 28.8 Å². The number of carbonyl (C=O) groups is 2. The van der Waals surface area contributed by atoms with E-state index in [2.05, 4.69) is 40.6 Å². The molecular formula is C55H62N12O11S2. The van der Waals surface area contributed by atoms with Gasteiger partial charge in [0.1, 0.15) is 50.2 Å². The van der Waals surface area contributed by atoms with E-state index in [1.54, 1.807) is 163 Å². The number of alkyl carbamates (subject to hydrolysis) is 2. The van der Waals surface area contributed by atoms with E-state index in [1.165, 1.54) is 37.3 Å². The maximum Gasteiger partial charge on any atom is 0.407 e. The van der Waals surface area contributed by atoms with E-state index in [9.17, 15) is 9.59 Å². The number of rotatable bonds is 21. The summed E-state index contributed by atoms with van der Waals surface area (Å²) in [4.78, 5) is 39.4. The molecule has 0 aliphatic heterocycles. The highest BCUT2D eigenvalue weighted by molar-refractivity contribution is 7.92. The van der Waals surface area contributed by atoms with Crippen molar-refractivity contribution in [3.05, 3.63) is 145 Å². The van der Waals surface area contributed by atoms with Crippen LogP contribution in [0.1, 0.15) is 58.2 Å². The van der Waals surface area contributed by atoms with E-state index in [0.29, 0.717) is 51.0 Å². The molecule has 0 bridgehead atoms. The minimum atomic E-state index is -5.12. The Morgan fingerprint density at radius 3 is 1.76 bits per heavy atom. The van der Waals surface area contributed by atoms with Gasteiger partial charge in [-0.05, 0) is 135 Å². The van der Waals surface area contributed by atoms with E-state index in [1.807, 2.05) is 0 Å². The second kappa shape index (κ2) is 24.2. The highest BCUT2D eigenvalue weighted by atomic mass is 32.2. The van der Waals surface area contributed by atoms with Crippen LogP contribution in [-0.4, -0.2) is 125 Å². The van der Waals surface area contributed by atoms with Crippen molar-refractivity contribution in [1.29, 1.82) is 0 Å². The fourth-order valence-electron chi connectivity index (χ4n) is 8.26. The lowest BCUT2D eigenvalue weighted by molar-refractivity contribution is 0.0517. The number of pyridine rings is 1. The van der Waals surface area contributed by atoms with E-state index in [-0.39, 0.29) is 36.6 Å². The summed E-state index contributed by atoms with van der Waals surface area (Å²) in [6.07, 6.45) is 4.56. The molecule has 25 heteroatoms. The predicted molar refractivity (Wildman–Crippen MR) is 296 cm³/mol. The molecule has 0 radical (unpaired) electrons. The minimum Gasteiger partial charge on any atom is -0.497 e. The Kier molecular flexibility index (Phi) is 17.5. The molecule has 0 atom stereocenters. The summed E-state index contributed by atoms with van der Waals surface area (Å²) in [6.45, 7) is 8.54. The lowest BCUT2D eigenvalue weighted by Crippen LogP contribution is -2.51. The third-order valence-electron chi connectivity index (χ3n) is 12.0. The van der Waals surface area contributed by atoms with Gasteiger partial charge in [-0.15, -0.1) is 10.2 Å². The number of carbonyl (C=O) groups excluding carboxylic acids is 2. The maximum atomic E-state index is 16.5. The number of benzene rings is 4. The van der Waals surface area contributed by atoms with E-state index in [0.717, 1.165) is 9.87 Å². The van der Waals surface area contributed by atoms with Gasteiger partial charge in [0.15, 0.2) is 0 Å². The van der Waals surface area contributed by atoms with Crippen molar-refractivity contribution in [2.75, 3.05) is 34.4 Å². The first-order chi connectivity index (χ1) is 38.0. The molecule has 8 rings (SSSR count). The highest BCUT2D eigenvalue weighted by Crippen LogP contribution is 2.42. The quantitative estimate of drug-likeness (QED) is 0.0638. The summed E-state index contributed by atoms with van der Waals surface area (Å²) in [5.41, 5.74) is 1.78. The van der Waals surface area contributed by atoms with Crippen molar-refractivity contribution in [3.8, 4) is 51.2 Å². The van der Waals surface area contributed by atoms with Gasteiger partial charge in [0.2, 0.25) is 25.9 Å². The number of hydrogen-bond donors (Lipinski definition) is 3. The van der Waals surface area contributed by atoms with Crippen LogP contribution in [0, 0.1) is 0 Å². The number of amides is 2. The molecule has 2 amide bonds. The van der Waals surface area contributed by atoms with Gasteiger partial charge in [-0.1, -0.05) is 42.5 Å². The number of methoxy groups -OCH3 is 3. The largest absolute Gasteiger partial charge is 0.497 e. The molecule has 0 saturated heterocycles. The average molecular weight is 1130 g/mol. The first-order valence-corrected chi connectivity index (χ1v) is 28.0. The average Bonchev–Trinajstić information content (AvgIpc) is 4.12. The Hall–Kier alpha value is -8.52. The Labute approximate surface area is 463 Å². The molecule has 0 fully saturated rings. The number of nitrogens with zero attached hydrogens (tertiary/aromatic N) is 9. The molecule has 0 aliphatic carbocycles. The van der Waals surface area contributed by atoms with Crippen molar-refractivity contribution < 1.29 is 50.1 Å². The fraction of sp³-hybridized carbons (Fsp3) is 0.309. The van der Waals surface area contributed by atoms with Gasteiger partial charge in [-0.25, -0.2) is 41.1 Å². The van der Waals surface area contributed by atoms with Crippen LogP contribution in [0.2, 0.25) is 0 Å². The van der Waals surface area contributed by atoms with Gasteiger partial charge in [0, 0.05) is 38.6 Å². The molecule has 3 N–H and O–H groups in total. The smallest absolute Gasteiger partial charge is 0.407 e. The highest BCUT2D eigenvalue weighted by Gasteiger charge is 2.39. The molecule has 4 heterocycles. The van der Waals surface area contributed by atoms with Gasteiger partial charge < -0.3 is 34.3 Å². The van der Waals surface area contributed by atoms with Crippen LogP contribution in [0.5, 0.6) is 17.2 Å². The third kappa shape index (κ3) is 14.4. The molecule has 4 aromatic carbocycles. The zero-order valence-corrected chi connectivity index (χ0v) is 47.2. The van der Waals surface area contributed by atoms with Crippen LogP contribution in [0.4, 0.5) is 9.59 Å². The summed E-state index contributed by atoms with van der Waals surface area (Å²) < 4.78 is 96.7. The number of hydrogen-bond acceptors (Lipinski definition) is 17. The van der Waals surface area contributed by atoms with Gasteiger partial charge in [0.05, 0.1) is 57.1 Å². The van der Waals surface area contributed by atoms with Gasteiger partial charge in [-0.3, -0.25) is 9.38 Å². The third-order valence-corrected chi connectivity index (χ3v) is 15.5. The Bertz CT molecular complexity index is 3610.